The number of esters is 1. The van der Waals surface area contributed by atoms with Gasteiger partial charge in [-0.2, -0.15) is 0 Å². The monoisotopic (exact) mass is 222 g/mol. The zero-order valence-corrected chi connectivity index (χ0v) is 9.29. The molecule has 0 N–H and O–H groups in total. The van der Waals surface area contributed by atoms with Gasteiger partial charge in [-0.25, -0.2) is 0 Å². The molecule has 82 valence electrons. The highest BCUT2D eigenvalue weighted by atomic mass is 31.2. The van der Waals surface area contributed by atoms with Crippen LogP contribution in [-0.4, -0.2) is 31.4 Å². The minimum Gasteiger partial charge on any atom is -0.465 e. The predicted octanol–water partition coefficient (Wildman–Crippen LogP) is 1.57. The van der Waals surface area contributed by atoms with Gasteiger partial charge < -0.3 is 13.8 Å². The molecule has 0 saturated carbocycles. The molecule has 1 heterocycles. The first-order chi connectivity index (χ1) is 6.64. The van der Waals surface area contributed by atoms with Crippen molar-refractivity contribution in [2.45, 2.75) is 25.9 Å². The van der Waals surface area contributed by atoms with Gasteiger partial charge in [0.05, 0.1) is 19.8 Å². The van der Waals surface area contributed by atoms with Gasteiger partial charge in [0.2, 0.25) is 0 Å². The maximum Gasteiger partial charge on any atom is 0.345 e. The standard InChI is InChI=1S/C8H15O5P/c1-3-12-14(10,13-4-2)7-5-6-11-8(7)9/h7H,3-6H2,1-2H3/t7-/m0/s1. The van der Waals surface area contributed by atoms with Crippen LogP contribution in [-0.2, 0) is 23.1 Å². The highest BCUT2D eigenvalue weighted by Gasteiger charge is 2.45. The third-order valence-corrected chi connectivity index (χ3v) is 4.38. The second-order valence-corrected chi connectivity index (χ2v) is 5.07. The average molecular weight is 222 g/mol. The minimum atomic E-state index is -3.30. The van der Waals surface area contributed by atoms with Gasteiger partial charge >= 0.3 is 13.6 Å². The first kappa shape index (κ1) is 11.7. The van der Waals surface area contributed by atoms with Crippen LogP contribution in [0.4, 0.5) is 0 Å². The van der Waals surface area contributed by atoms with Gasteiger partial charge in [-0.1, -0.05) is 0 Å². The summed E-state index contributed by atoms with van der Waals surface area (Å²) in [6.07, 6.45) is 0.413. The Bertz CT molecular complexity index is 242. The van der Waals surface area contributed by atoms with Crippen molar-refractivity contribution < 1.29 is 23.1 Å². The topological polar surface area (TPSA) is 61.8 Å². The van der Waals surface area contributed by atoms with Crippen LogP contribution >= 0.6 is 7.60 Å². The zero-order valence-electron chi connectivity index (χ0n) is 8.39. The van der Waals surface area contributed by atoms with E-state index in [9.17, 15) is 9.36 Å². The van der Waals surface area contributed by atoms with Crippen molar-refractivity contribution >= 4 is 13.6 Å². The Balaban J connectivity index is 2.75. The SMILES string of the molecule is CCOP(=O)(OCC)[C@H]1CCOC1=O. The molecule has 1 aliphatic heterocycles. The van der Waals surface area contributed by atoms with E-state index in [2.05, 4.69) is 0 Å². The molecule has 0 spiro atoms. The van der Waals surface area contributed by atoms with Gasteiger partial charge in [0.25, 0.3) is 0 Å². The van der Waals surface area contributed by atoms with Crippen LogP contribution in [0.1, 0.15) is 20.3 Å². The average Bonchev–Trinajstić information content (AvgIpc) is 2.52. The zero-order chi connectivity index (χ0) is 10.6. The summed E-state index contributed by atoms with van der Waals surface area (Å²) in [5, 5.41) is 0. The fourth-order valence-corrected chi connectivity index (χ4v) is 3.26. The van der Waals surface area contributed by atoms with E-state index in [1.165, 1.54) is 0 Å². The summed E-state index contributed by atoms with van der Waals surface area (Å²) in [6, 6.07) is 0. The summed E-state index contributed by atoms with van der Waals surface area (Å²) in [6.45, 7) is 4.26. The molecule has 0 aromatic carbocycles. The number of hydrogen-bond acceptors (Lipinski definition) is 5. The molecule has 14 heavy (non-hydrogen) atoms. The van der Waals surface area contributed by atoms with E-state index in [4.69, 9.17) is 13.8 Å². The number of carbonyl (C=O) groups excluding carboxylic acids is 1. The molecule has 0 amide bonds. The summed E-state index contributed by atoms with van der Waals surface area (Å²) in [4.78, 5) is 11.2. The van der Waals surface area contributed by atoms with Crippen LogP contribution in [0.3, 0.4) is 0 Å². The summed E-state index contributed by atoms with van der Waals surface area (Å²) in [5.41, 5.74) is -0.734. The van der Waals surface area contributed by atoms with Crippen molar-refractivity contribution in [3.05, 3.63) is 0 Å². The molecule has 0 aromatic heterocycles. The number of rotatable bonds is 5. The maximum atomic E-state index is 12.1. The molecule has 1 atom stereocenters. The van der Waals surface area contributed by atoms with E-state index in [0.29, 0.717) is 13.0 Å². The van der Waals surface area contributed by atoms with Gasteiger partial charge in [-0.05, 0) is 13.8 Å². The van der Waals surface area contributed by atoms with E-state index < -0.39 is 19.2 Å². The molecule has 1 saturated heterocycles. The first-order valence-corrected chi connectivity index (χ1v) is 6.30. The van der Waals surface area contributed by atoms with Crippen LogP contribution in [0.5, 0.6) is 0 Å². The second-order valence-electron chi connectivity index (χ2n) is 2.85. The fourth-order valence-electron chi connectivity index (χ4n) is 1.35. The van der Waals surface area contributed by atoms with Crippen molar-refractivity contribution in [1.29, 1.82) is 0 Å². The van der Waals surface area contributed by atoms with E-state index in [1.807, 2.05) is 0 Å². The van der Waals surface area contributed by atoms with Crippen molar-refractivity contribution in [2.75, 3.05) is 19.8 Å². The highest BCUT2D eigenvalue weighted by Crippen LogP contribution is 2.55. The Labute approximate surface area is 83.3 Å². The van der Waals surface area contributed by atoms with Crippen LogP contribution in [0.15, 0.2) is 0 Å². The molecule has 5 nitrogen and oxygen atoms in total. The van der Waals surface area contributed by atoms with E-state index in [1.54, 1.807) is 13.8 Å². The third-order valence-electron chi connectivity index (χ3n) is 1.91. The molecular formula is C8H15O5P. The Hall–Kier alpha value is -0.380. The van der Waals surface area contributed by atoms with Gasteiger partial charge in [0.1, 0.15) is 0 Å². The molecule has 0 bridgehead atoms. The quantitative estimate of drug-likeness (QED) is 0.522. The van der Waals surface area contributed by atoms with Crippen LogP contribution < -0.4 is 0 Å². The first-order valence-electron chi connectivity index (χ1n) is 4.69. The van der Waals surface area contributed by atoms with E-state index >= 15 is 0 Å². The Kier molecular flexibility index (Phi) is 4.11. The molecule has 0 radical (unpaired) electrons. The van der Waals surface area contributed by atoms with Crippen molar-refractivity contribution in [3.8, 4) is 0 Å². The summed E-state index contributed by atoms with van der Waals surface area (Å²) < 4.78 is 26.9. The van der Waals surface area contributed by atoms with E-state index in [-0.39, 0.29) is 13.2 Å². The molecule has 0 aromatic rings. The Morgan fingerprint density at radius 3 is 2.36 bits per heavy atom. The lowest BCUT2D eigenvalue weighted by Gasteiger charge is -2.19. The lowest BCUT2D eigenvalue weighted by atomic mass is 10.4. The van der Waals surface area contributed by atoms with Crippen LogP contribution in [0.25, 0.3) is 0 Å². The Morgan fingerprint density at radius 2 is 2.00 bits per heavy atom. The number of hydrogen-bond donors (Lipinski definition) is 0. The minimum absolute atomic E-state index is 0.265. The molecule has 1 rings (SSSR count). The van der Waals surface area contributed by atoms with Crippen LogP contribution in [0.2, 0.25) is 0 Å². The summed E-state index contributed by atoms with van der Waals surface area (Å²) in [5.74, 6) is -0.477. The predicted molar refractivity (Wildman–Crippen MR) is 50.2 cm³/mol. The molecule has 6 heteroatoms. The third kappa shape index (κ3) is 2.35. The normalized spacial score (nSPS) is 22.4. The van der Waals surface area contributed by atoms with Crippen LogP contribution in [0, 0.1) is 0 Å². The smallest absolute Gasteiger partial charge is 0.345 e. The van der Waals surface area contributed by atoms with Crippen molar-refractivity contribution in [2.24, 2.45) is 0 Å². The van der Waals surface area contributed by atoms with E-state index in [0.717, 1.165) is 0 Å². The summed E-state index contributed by atoms with van der Waals surface area (Å²) in [7, 11) is -3.30. The maximum absolute atomic E-state index is 12.1. The largest absolute Gasteiger partial charge is 0.465 e. The Morgan fingerprint density at radius 1 is 1.43 bits per heavy atom. The molecular weight excluding hydrogens is 207 g/mol. The molecule has 1 aliphatic rings. The van der Waals surface area contributed by atoms with Crippen molar-refractivity contribution in [1.82, 2.24) is 0 Å². The van der Waals surface area contributed by atoms with Crippen molar-refractivity contribution in [3.63, 3.8) is 0 Å². The summed E-state index contributed by atoms with van der Waals surface area (Å²) >= 11 is 0. The number of carbonyl (C=O) groups is 1. The van der Waals surface area contributed by atoms with Gasteiger partial charge in [-0.3, -0.25) is 9.36 Å². The fraction of sp³-hybridized carbons (Fsp3) is 0.875. The second kappa shape index (κ2) is 4.91. The molecule has 0 aliphatic carbocycles. The van der Waals surface area contributed by atoms with Gasteiger partial charge in [0.15, 0.2) is 5.66 Å². The lowest BCUT2D eigenvalue weighted by Crippen LogP contribution is -2.18. The lowest BCUT2D eigenvalue weighted by molar-refractivity contribution is -0.137. The highest BCUT2D eigenvalue weighted by molar-refractivity contribution is 7.55. The molecule has 1 fully saturated rings. The van der Waals surface area contributed by atoms with Gasteiger partial charge in [-0.15, -0.1) is 0 Å². The van der Waals surface area contributed by atoms with Gasteiger partial charge in [0, 0.05) is 6.42 Å². The number of ether oxygens (including phenoxy) is 1. The number of cyclic esters (lactones) is 1. The molecule has 0 unspecified atom stereocenters.